The van der Waals surface area contributed by atoms with Gasteiger partial charge in [0.25, 0.3) is 10.0 Å². The Kier molecular flexibility index (Phi) is 7.89. The minimum atomic E-state index is -3.75. The molecule has 2 aromatic rings. The van der Waals surface area contributed by atoms with Crippen LogP contribution in [0, 0.1) is 6.92 Å². The third kappa shape index (κ3) is 5.71. The number of anilines is 1. The molecule has 0 aliphatic rings. The number of rotatable bonds is 7. The summed E-state index contributed by atoms with van der Waals surface area (Å²) in [6.45, 7) is 2.29. The molecule has 0 fully saturated rings. The van der Waals surface area contributed by atoms with Crippen molar-refractivity contribution in [3.63, 3.8) is 0 Å². The molecule has 1 atom stereocenters. The van der Waals surface area contributed by atoms with Crippen molar-refractivity contribution in [2.24, 2.45) is 0 Å². The first kappa shape index (κ1) is 21.4. The second-order valence-corrected chi connectivity index (χ2v) is 7.97. The highest BCUT2D eigenvalue weighted by Crippen LogP contribution is 2.24. The zero-order chi connectivity index (χ0) is 17.7. The lowest BCUT2D eigenvalue weighted by Crippen LogP contribution is -3.00. The van der Waals surface area contributed by atoms with Crippen LogP contribution >= 0.6 is 0 Å². The van der Waals surface area contributed by atoms with Gasteiger partial charge in [-0.3, -0.25) is 4.31 Å². The summed E-state index contributed by atoms with van der Waals surface area (Å²) in [4.78, 5) is 2.04. The van der Waals surface area contributed by atoms with Crippen LogP contribution in [0.4, 0.5) is 5.69 Å². The van der Waals surface area contributed by atoms with Crippen LogP contribution in [0.2, 0.25) is 0 Å². The van der Waals surface area contributed by atoms with Crippen molar-refractivity contribution in [3.8, 4) is 0 Å². The van der Waals surface area contributed by atoms with Crippen molar-refractivity contribution in [1.29, 1.82) is 0 Å². The Morgan fingerprint density at radius 3 is 2.20 bits per heavy atom. The van der Waals surface area contributed by atoms with Gasteiger partial charge in [-0.15, -0.1) is 0 Å². The Morgan fingerprint density at radius 2 is 1.64 bits per heavy atom. The van der Waals surface area contributed by atoms with Gasteiger partial charge in [-0.05, 0) is 50.8 Å². The van der Waals surface area contributed by atoms with Crippen LogP contribution in [-0.2, 0) is 10.0 Å². The fourth-order valence-corrected chi connectivity index (χ4v) is 4.03. The Morgan fingerprint density at radius 1 is 1.00 bits per heavy atom. The predicted octanol–water partition coefficient (Wildman–Crippen LogP) is -0.883. The Bertz CT molecular complexity index is 767. The minimum Gasteiger partial charge on any atom is -1.00 e. The monoisotopic (exact) mass is 383 g/mol. The van der Waals surface area contributed by atoms with E-state index >= 15 is 0 Å². The molecule has 0 spiro atoms. The standard InChI is InChI=1S/C18H24N2O3S.ClH/c1-15-8-7-9-16(12-15)20(14-17(21)13-19(2)3)24(22,23)18-10-5-4-6-11-18;/h4-12,17,21H,13-14H2,1-3H3;1H/p-1. The molecule has 0 aliphatic carbocycles. The van der Waals surface area contributed by atoms with E-state index in [1.807, 2.05) is 44.1 Å². The molecule has 0 amide bonds. The van der Waals surface area contributed by atoms with Crippen molar-refractivity contribution in [1.82, 2.24) is 4.90 Å². The largest absolute Gasteiger partial charge is 1.00 e. The third-order valence-corrected chi connectivity index (χ3v) is 5.38. The topological polar surface area (TPSA) is 60.9 Å². The lowest BCUT2D eigenvalue weighted by atomic mass is 10.2. The van der Waals surface area contributed by atoms with Gasteiger partial charge in [-0.1, -0.05) is 30.3 Å². The zero-order valence-corrected chi connectivity index (χ0v) is 16.2. The van der Waals surface area contributed by atoms with E-state index in [0.29, 0.717) is 12.2 Å². The molecular formula is C18H24ClN2O3S-. The van der Waals surface area contributed by atoms with E-state index in [4.69, 9.17) is 0 Å². The van der Waals surface area contributed by atoms with Gasteiger partial charge in [0.1, 0.15) is 0 Å². The number of hydrogen-bond acceptors (Lipinski definition) is 4. The molecule has 2 aromatic carbocycles. The molecule has 2 rings (SSSR count). The van der Waals surface area contributed by atoms with Crippen LogP contribution in [0.15, 0.2) is 59.5 Å². The van der Waals surface area contributed by atoms with E-state index in [1.165, 1.54) is 4.31 Å². The lowest BCUT2D eigenvalue weighted by Gasteiger charge is -2.28. The highest BCUT2D eigenvalue weighted by molar-refractivity contribution is 7.92. The smallest absolute Gasteiger partial charge is 0.264 e. The number of likely N-dealkylation sites (N-methyl/N-ethyl adjacent to an activating group) is 1. The second-order valence-electron chi connectivity index (χ2n) is 6.10. The predicted molar refractivity (Wildman–Crippen MR) is 96.7 cm³/mol. The number of hydrogen-bond donors (Lipinski definition) is 1. The van der Waals surface area contributed by atoms with E-state index in [0.717, 1.165) is 5.56 Å². The van der Waals surface area contributed by atoms with Crippen LogP contribution in [-0.4, -0.2) is 51.7 Å². The summed E-state index contributed by atoms with van der Waals surface area (Å²) in [6.07, 6.45) is -0.793. The van der Waals surface area contributed by atoms with E-state index in [1.54, 1.807) is 36.4 Å². The fourth-order valence-electron chi connectivity index (χ4n) is 2.52. The van der Waals surface area contributed by atoms with Gasteiger partial charge in [-0.2, -0.15) is 0 Å². The first-order chi connectivity index (χ1) is 11.3. The van der Waals surface area contributed by atoms with Gasteiger partial charge in [0, 0.05) is 6.54 Å². The van der Waals surface area contributed by atoms with Gasteiger partial charge >= 0.3 is 0 Å². The van der Waals surface area contributed by atoms with Crippen LogP contribution in [0.3, 0.4) is 0 Å². The third-order valence-electron chi connectivity index (χ3n) is 3.57. The molecule has 0 aliphatic heterocycles. The number of aryl methyl sites for hydroxylation is 1. The molecule has 1 N–H and O–H groups in total. The number of sulfonamides is 1. The van der Waals surface area contributed by atoms with Gasteiger partial charge in [0.15, 0.2) is 0 Å². The first-order valence-corrected chi connectivity index (χ1v) is 9.22. The Hall–Kier alpha value is -1.60. The van der Waals surface area contributed by atoms with Gasteiger partial charge in [-0.25, -0.2) is 8.42 Å². The SMILES string of the molecule is Cc1cccc(N(CC(O)CN(C)C)S(=O)(=O)c2ccccc2)c1.[Cl-]. The first-order valence-electron chi connectivity index (χ1n) is 7.78. The van der Waals surface area contributed by atoms with Gasteiger partial charge in [0.05, 0.1) is 23.2 Å². The fraction of sp³-hybridized carbons (Fsp3) is 0.333. The zero-order valence-electron chi connectivity index (χ0n) is 14.6. The Labute approximate surface area is 156 Å². The van der Waals surface area contributed by atoms with Crippen LogP contribution < -0.4 is 16.7 Å². The number of aliphatic hydroxyl groups excluding tert-OH is 1. The highest BCUT2D eigenvalue weighted by atomic mass is 35.5. The maximum Gasteiger partial charge on any atom is 0.264 e. The molecule has 0 radical (unpaired) electrons. The molecule has 0 heterocycles. The molecule has 0 saturated carbocycles. The quantitative estimate of drug-likeness (QED) is 0.674. The van der Waals surface area contributed by atoms with E-state index in [9.17, 15) is 13.5 Å². The van der Waals surface area contributed by atoms with Gasteiger partial charge in [0.2, 0.25) is 0 Å². The Balaban J connectivity index is 0.00000312. The molecule has 0 aromatic heterocycles. The molecule has 0 bridgehead atoms. The number of halogens is 1. The average molecular weight is 384 g/mol. The summed E-state index contributed by atoms with van der Waals surface area (Å²) in [5.41, 5.74) is 1.51. The molecule has 5 nitrogen and oxygen atoms in total. The molecular weight excluding hydrogens is 360 g/mol. The van der Waals surface area contributed by atoms with Crippen molar-refractivity contribution in [2.45, 2.75) is 17.9 Å². The lowest BCUT2D eigenvalue weighted by molar-refractivity contribution is -0.00000967. The summed E-state index contributed by atoms with van der Waals surface area (Å²) >= 11 is 0. The van der Waals surface area contributed by atoms with Crippen molar-refractivity contribution < 1.29 is 25.9 Å². The summed E-state index contributed by atoms with van der Waals surface area (Å²) < 4.78 is 27.4. The molecule has 138 valence electrons. The summed E-state index contributed by atoms with van der Waals surface area (Å²) in [6, 6.07) is 15.6. The summed E-state index contributed by atoms with van der Waals surface area (Å²) in [5.74, 6) is 0. The number of nitrogens with zero attached hydrogens (tertiary/aromatic N) is 2. The van der Waals surface area contributed by atoms with Crippen molar-refractivity contribution >= 4 is 15.7 Å². The van der Waals surface area contributed by atoms with E-state index < -0.39 is 16.1 Å². The molecule has 7 heteroatoms. The van der Waals surface area contributed by atoms with Crippen LogP contribution in [0.5, 0.6) is 0 Å². The number of benzene rings is 2. The van der Waals surface area contributed by atoms with Crippen LogP contribution in [0.25, 0.3) is 0 Å². The maximum absolute atomic E-state index is 13.1. The summed E-state index contributed by atoms with van der Waals surface area (Å²) in [5, 5.41) is 10.3. The normalized spacial score (nSPS) is 12.5. The molecule has 1 unspecified atom stereocenters. The minimum absolute atomic E-state index is 0. The van der Waals surface area contributed by atoms with Crippen LogP contribution in [0.1, 0.15) is 5.56 Å². The van der Waals surface area contributed by atoms with Gasteiger partial charge < -0.3 is 22.4 Å². The van der Waals surface area contributed by atoms with E-state index in [2.05, 4.69) is 0 Å². The highest BCUT2D eigenvalue weighted by Gasteiger charge is 2.27. The number of aliphatic hydroxyl groups is 1. The second kappa shape index (κ2) is 9.20. The van der Waals surface area contributed by atoms with Crippen molar-refractivity contribution in [3.05, 3.63) is 60.2 Å². The summed E-state index contributed by atoms with van der Waals surface area (Å²) in [7, 11) is -0.0685. The van der Waals surface area contributed by atoms with E-state index in [-0.39, 0.29) is 23.8 Å². The maximum atomic E-state index is 13.1. The molecule has 25 heavy (non-hydrogen) atoms. The van der Waals surface area contributed by atoms with Crippen molar-refractivity contribution in [2.75, 3.05) is 31.5 Å². The molecule has 0 saturated heterocycles. The average Bonchev–Trinajstić information content (AvgIpc) is 2.52.